The summed E-state index contributed by atoms with van der Waals surface area (Å²) in [5.41, 5.74) is -0.158. The van der Waals surface area contributed by atoms with Crippen LogP contribution < -0.4 is 10.2 Å². The van der Waals surface area contributed by atoms with E-state index in [1.807, 2.05) is 4.90 Å². The number of likely N-dealkylation sites (N-methyl/N-ethyl adjacent to an activating group) is 1. The molecule has 21 heavy (non-hydrogen) atoms. The zero-order chi connectivity index (χ0) is 15.4. The van der Waals surface area contributed by atoms with Crippen LogP contribution in [0.25, 0.3) is 0 Å². The molecule has 1 atom stereocenters. The van der Waals surface area contributed by atoms with E-state index in [9.17, 15) is 20.2 Å². The van der Waals surface area contributed by atoms with Crippen LogP contribution >= 0.6 is 0 Å². The van der Waals surface area contributed by atoms with Crippen molar-refractivity contribution in [2.75, 3.05) is 38.2 Å². The summed E-state index contributed by atoms with van der Waals surface area (Å²) < 4.78 is 5.55. The number of rotatable bonds is 5. The van der Waals surface area contributed by atoms with Crippen LogP contribution in [0.5, 0.6) is 0 Å². The minimum Gasteiger partial charge on any atom is -0.373 e. The summed E-state index contributed by atoms with van der Waals surface area (Å²) in [6.07, 6.45) is -0.0708. The lowest BCUT2D eigenvalue weighted by Crippen LogP contribution is -2.46. The maximum absolute atomic E-state index is 11.2. The molecule has 9 nitrogen and oxygen atoms in total. The summed E-state index contributed by atoms with van der Waals surface area (Å²) in [5, 5.41) is 24.9. The fourth-order valence-electron chi connectivity index (χ4n) is 2.33. The van der Waals surface area contributed by atoms with Crippen LogP contribution in [0.15, 0.2) is 18.2 Å². The zero-order valence-corrected chi connectivity index (χ0v) is 11.5. The summed E-state index contributed by atoms with van der Waals surface area (Å²) in [4.78, 5) is 22.5. The molecule has 1 saturated heterocycles. The highest BCUT2D eigenvalue weighted by atomic mass is 16.6. The number of morpholine rings is 1. The third-order valence-electron chi connectivity index (χ3n) is 3.28. The van der Waals surface area contributed by atoms with E-state index in [-0.39, 0.29) is 17.5 Å². The van der Waals surface area contributed by atoms with Crippen LogP contribution in [-0.2, 0) is 4.74 Å². The fourth-order valence-corrected chi connectivity index (χ4v) is 2.33. The topological polar surface area (TPSA) is 111 Å². The number of nitrogens with zero attached hydrogens (tertiary/aromatic N) is 3. The van der Waals surface area contributed by atoms with Gasteiger partial charge in [0.25, 0.3) is 11.4 Å². The Morgan fingerprint density at radius 2 is 2.14 bits per heavy atom. The van der Waals surface area contributed by atoms with E-state index in [0.717, 1.165) is 6.07 Å². The van der Waals surface area contributed by atoms with Crippen LogP contribution in [0.2, 0.25) is 0 Å². The molecule has 0 amide bonds. The van der Waals surface area contributed by atoms with Crippen molar-refractivity contribution in [3.05, 3.63) is 38.4 Å². The van der Waals surface area contributed by atoms with Crippen molar-refractivity contribution in [1.82, 2.24) is 5.32 Å². The highest BCUT2D eigenvalue weighted by Gasteiger charge is 2.27. The van der Waals surface area contributed by atoms with Gasteiger partial charge in [-0.3, -0.25) is 20.2 Å². The van der Waals surface area contributed by atoms with Gasteiger partial charge in [-0.05, 0) is 13.1 Å². The monoisotopic (exact) mass is 296 g/mol. The van der Waals surface area contributed by atoms with Crippen molar-refractivity contribution < 1.29 is 14.6 Å². The Morgan fingerprint density at radius 3 is 2.76 bits per heavy atom. The first-order valence-electron chi connectivity index (χ1n) is 6.47. The van der Waals surface area contributed by atoms with Gasteiger partial charge in [0.1, 0.15) is 5.69 Å². The number of hydrogen-bond donors (Lipinski definition) is 1. The fraction of sp³-hybridized carbons (Fsp3) is 0.500. The van der Waals surface area contributed by atoms with E-state index in [4.69, 9.17) is 4.74 Å². The molecule has 1 aromatic rings. The Labute approximate surface area is 120 Å². The van der Waals surface area contributed by atoms with Gasteiger partial charge in [-0.15, -0.1) is 0 Å². The first-order chi connectivity index (χ1) is 10.0. The van der Waals surface area contributed by atoms with Crippen molar-refractivity contribution in [3.8, 4) is 0 Å². The van der Waals surface area contributed by atoms with E-state index in [0.29, 0.717) is 31.9 Å². The predicted molar refractivity (Wildman–Crippen MR) is 75.6 cm³/mol. The van der Waals surface area contributed by atoms with Gasteiger partial charge in [-0.25, -0.2) is 0 Å². The molecule has 1 N–H and O–H groups in total. The lowest BCUT2D eigenvalue weighted by atomic mass is 10.2. The van der Waals surface area contributed by atoms with Crippen LogP contribution in [0.1, 0.15) is 0 Å². The van der Waals surface area contributed by atoms with Crippen molar-refractivity contribution >= 4 is 17.1 Å². The quantitative estimate of drug-likeness (QED) is 0.635. The molecule has 1 unspecified atom stereocenters. The SMILES string of the molecule is CNCC1CN(c2ccc([N+](=O)[O-])cc2[N+](=O)[O-])CCO1. The van der Waals surface area contributed by atoms with Crippen molar-refractivity contribution in [2.45, 2.75) is 6.10 Å². The Morgan fingerprint density at radius 1 is 1.38 bits per heavy atom. The molecule has 1 aliphatic rings. The van der Waals surface area contributed by atoms with E-state index in [1.54, 1.807) is 7.05 Å². The molecule has 2 rings (SSSR count). The summed E-state index contributed by atoms with van der Waals surface area (Å²) in [6, 6.07) is 3.71. The van der Waals surface area contributed by atoms with Crippen molar-refractivity contribution in [3.63, 3.8) is 0 Å². The minimum absolute atomic E-state index is 0.0708. The molecule has 0 saturated carbocycles. The Bertz CT molecular complexity index is 548. The highest BCUT2D eigenvalue weighted by molar-refractivity contribution is 5.67. The van der Waals surface area contributed by atoms with E-state index in [1.165, 1.54) is 12.1 Å². The average molecular weight is 296 g/mol. The predicted octanol–water partition coefficient (Wildman–Crippen LogP) is 0.928. The number of anilines is 1. The molecule has 0 bridgehead atoms. The van der Waals surface area contributed by atoms with Gasteiger partial charge in [0.05, 0.1) is 28.6 Å². The normalized spacial score (nSPS) is 18.5. The second kappa shape index (κ2) is 6.46. The Kier molecular flexibility index (Phi) is 4.66. The summed E-state index contributed by atoms with van der Waals surface area (Å²) in [7, 11) is 1.80. The Balaban J connectivity index is 2.29. The summed E-state index contributed by atoms with van der Waals surface area (Å²) in [5.74, 6) is 0. The molecule has 0 spiro atoms. The van der Waals surface area contributed by atoms with Crippen LogP contribution in [0.4, 0.5) is 17.1 Å². The summed E-state index contributed by atoms with van der Waals surface area (Å²) >= 11 is 0. The van der Waals surface area contributed by atoms with Crippen molar-refractivity contribution in [2.24, 2.45) is 0 Å². The Hall–Kier alpha value is -2.26. The van der Waals surface area contributed by atoms with Gasteiger partial charge in [0, 0.05) is 25.7 Å². The number of nitrogens with one attached hydrogen (secondary N) is 1. The van der Waals surface area contributed by atoms with Gasteiger partial charge in [0.2, 0.25) is 0 Å². The van der Waals surface area contributed by atoms with Crippen LogP contribution in [0, 0.1) is 20.2 Å². The molecular weight excluding hydrogens is 280 g/mol. The van der Waals surface area contributed by atoms with Gasteiger partial charge in [-0.2, -0.15) is 0 Å². The maximum atomic E-state index is 11.2. The van der Waals surface area contributed by atoms with E-state index in [2.05, 4.69) is 5.32 Å². The van der Waals surface area contributed by atoms with Crippen LogP contribution in [-0.4, -0.2) is 49.2 Å². The molecule has 0 aromatic heterocycles. The average Bonchev–Trinajstić information content (AvgIpc) is 2.47. The van der Waals surface area contributed by atoms with E-state index < -0.39 is 9.85 Å². The molecule has 1 fully saturated rings. The van der Waals surface area contributed by atoms with Gasteiger partial charge >= 0.3 is 0 Å². The number of benzene rings is 1. The van der Waals surface area contributed by atoms with Gasteiger partial charge in [-0.1, -0.05) is 0 Å². The number of nitro groups is 2. The molecule has 1 aliphatic heterocycles. The van der Waals surface area contributed by atoms with Crippen LogP contribution in [0.3, 0.4) is 0 Å². The number of ether oxygens (including phenoxy) is 1. The van der Waals surface area contributed by atoms with Gasteiger partial charge < -0.3 is 15.0 Å². The standard InChI is InChI=1S/C12H16N4O5/c1-13-7-10-8-14(4-5-21-10)11-3-2-9(15(17)18)6-12(11)16(19)20/h2-3,6,10,13H,4-5,7-8H2,1H3. The molecule has 1 aromatic carbocycles. The number of nitro benzene ring substituents is 2. The summed E-state index contributed by atoms with van der Waals surface area (Å²) in [6.45, 7) is 2.11. The maximum Gasteiger partial charge on any atom is 0.299 e. The number of non-ortho nitro benzene ring substituents is 1. The number of hydrogen-bond acceptors (Lipinski definition) is 7. The lowest BCUT2D eigenvalue weighted by Gasteiger charge is -2.34. The molecule has 1 heterocycles. The first-order valence-corrected chi connectivity index (χ1v) is 6.47. The second-order valence-electron chi connectivity index (χ2n) is 4.68. The molecule has 9 heteroatoms. The second-order valence-corrected chi connectivity index (χ2v) is 4.68. The highest BCUT2D eigenvalue weighted by Crippen LogP contribution is 2.32. The molecule has 0 radical (unpaired) electrons. The molecule has 114 valence electrons. The molecule has 0 aliphatic carbocycles. The van der Waals surface area contributed by atoms with Gasteiger partial charge in [0.15, 0.2) is 0 Å². The largest absolute Gasteiger partial charge is 0.373 e. The zero-order valence-electron chi connectivity index (χ0n) is 11.5. The third kappa shape index (κ3) is 3.44. The minimum atomic E-state index is -0.639. The third-order valence-corrected chi connectivity index (χ3v) is 3.28. The smallest absolute Gasteiger partial charge is 0.299 e. The van der Waals surface area contributed by atoms with Crippen molar-refractivity contribution in [1.29, 1.82) is 0 Å². The lowest BCUT2D eigenvalue weighted by molar-refractivity contribution is -0.393. The molecular formula is C12H16N4O5. The van der Waals surface area contributed by atoms with E-state index >= 15 is 0 Å². The first kappa shape index (κ1) is 15.1.